The molecule has 1 aromatic rings. The molecule has 0 unspecified atom stereocenters. The van der Waals surface area contributed by atoms with Gasteiger partial charge in [-0.15, -0.1) is 0 Å². The Morgan fingerprint density at radius 1 is 1.27 bits per heavy atom. The van der Waals surface area contributed by atoms with E-state index >= 15 is 0 Å². The Kier molecular flexibility index (Phi) is 4.70. The lowest BCUT2D eigenvalue weighted by molar-refractivity contribution is -0.136. The Morgan fingerprint density at radius 3 is 2.59 bits per heavy atom. The number of carbonyl (C=O) groups excluding carboxylic acids is 2. The fourth-order valence-corrected chi connectivity index (χ4v) is 2.39. The van der Waals surface area contributed by atoms with Crippen molar-refractivity contribution in [3.8, 4) is 5.75 Å². The molecule has 2 amide bonds. The van der Waals surface area contributed by atoms with E-state index in [2.05, 4.69) is 10.6 Å². The number of para-hydroxylation sites is 1. The van der Waals surface area contributed by atoms with E-state index in [0.29, 0.717) is 22.6 Å². The highest BCUT2D eigenvalue weighted by Gasteiger charge is 2.33. The number of ether oxygens (including phenoxy) is 2. The first-order chi connectivity index (χ1) is 10.4. The van der Waals surface area contributed by atoms with Crippen molar-refractivity contribution in [2.45, 2.75) is 32.9 Å². The number of nitrogens with one attached hydrogen (secondary N) is 2. The van der Waals surface area contributed by atoms with Crippen LogP contribution in [0.3, 0.4) is 0 Å². The van der Waals surface area contributed by atoms with Crippen LogP contribution >= 0.6 is 0 Å². The molecule has 0 aromatic heterocycles. The summed E-state index contributed by atoms with van der Waals surface area (Å²) in [6, 6.07) is 6.34. The summed E-state index contributed by atoms with van der Waals surface area (Å²) in [6.45, 7) is 5.50. The highest BCUT2D eigenvalue weighted by molar-refractivity contribution is 5.95. The van der Waals surface area contributed by atoms with Crippen molar-refractivity contribution in [2.24, 2.45) is 0 Å². The van der Waals surface area contributed by atoms with Crippen molar-refractivity contribution < 1.29 is 19.1 Å². The number of esters is 1. The van der Waals surface area contributed by atoms with Gasteiger partial charge in [-0.3, -0.25) is 0 Å². The average Bonchev–Trinajstić information content (AvgIpc) is 2.45. The van der Waals surface area contributed by atoms with Gasteiger partial charge < -0.3 is 20.1 Å². The van der Waals surface area contributed by atoms with Crippen LogP contribution in [0.5, 0.6) is 5.75 Å². The Hall–Kier alpha value is -2.50. The van der Waals surface area contributed by atoms with Crippen LogP contribution < -0.4 is 15.4 Å². The second kappa shape index (κ2) is 6.51. The highest BCUT2D eigenvalue weighted by Crippen LogP contribution is 2.33. The van der Waals surface area contributed by atoms with Crippen LogP contribution in [0.25, 0.3) is 0 Å². The minimum Gasteiger partial charge on any atom is -0.491 e. The molecule has 2 N–H and O–H groups in total. The molecule has 1 atom stereocenters. The van der Waals surface area contributed by atoms with Crippen molar-refractivity contribution in [3.05, 3.63) is 41.1 Å². The Morgan fingerprint density at radius 2 is 1.95 bits per heavy atom. The number of hydrogen-bond donors (Lipinski definition) is 2. The largest absolute Gasteiger partial charge is 0.491 e. The Bertz CT molecular complexity index is 622. The maximum atomic E-state index is 12.1. The number of rotatable bonds is 4. The zero-order chi connectivity index (χ0) is 16.3. The molecule has 1 heterocycles. The van der Waals surface area contributed by atoms with E-state index in [1.54, 1.807) is 6.92 Å². The van der Waals surface area contributed by atoms with Gasteiger partial charge in [-0.05, 0) is 26.8 Å². The number of carbonyl (C=O) groups is 2. The lowest BCUT2D eigenvalue weighted by atomic mass is 9.95. The van der Waals surface area contributed by atoms with E-state index < -0.39 is 12.0 Å². The normalized spacial score (nSPS) is 17.9. The van der Waals surface area contributed by atoms with Crippen LogP contribution in [0, 0.1) is 0 Å². The molecule has 6 nitrogen and oxygen atoms in total. The average molecular weight is 304 g/mol. The molecular weight excluding hydrogens is 284 g/mol. The molecule has 0 fully saturated rings. The maximum Gasteiger partial charge on any atom is 0.337 e. The van der Waals surface area contributed by atoms with Crippen LogP contribution in [-0.4, -0.2) is 25.2 Å². The summed E-state index contributed by atoms with van der Waals surface area (Å²) in [7, 11) is 1.31. The second-order valence-electron chi connectivity index (χ2n) is 5.27. The SMILES string of the molecule is COC(=O)C1=C(C)NC(=O)N[C@@H]1c1ccccc1OC(C)C. The quantitative estimate of drug-likeness (QED) is 0.837. The van der Waals surface area contributed by atoms with E-state index in [-0.39, 0.29) is 12.1 Å². The molecule has 6 heteroatoms. The third-order valence-corrected chi connectivity index (χ3v) is 3.27. The minimum absolute atomic E-state index is 0.0229. The molecule has 1 aliphatic rings. The van der Waals surface area contributed by atoms with Gasteiger partial charge in [0, 0.05) is 11.3 Å². The van der Waals surface area contributed by atoms with E-state index in [0.717, 1.165) is 0 Å². The van der Waals surface area contributed by atoms with Crippen LogP contribution in [0.2, 0.25) is 0 Å². The summed E-state index contributed by atoms with van der Waals surface area (Å²) in [4.78, 5) is 23.9. The predicted molar refractivity (Wildman–Crippen MR) is 81.3 cm³/mol. The van der Waals surface area contributed by atoms with Gasteiger partial charge in [0.25, 0.3) is 0 Å². The van der Waals surface area contributed by atoms with Gasteiger partial charge in [0.1, 0.15) is 5.75 Å². The summed E-state index contributed by atoms with van der Waals surface area (Å²) < 4.78 is 10.6. The zero-order valence-electron chi connectivity index (χ0n) is 13.1. The highest BCUT2D eigenvalue weighted by atomic mass is 16.5. The topological polar surface area (TPSA) is 76.7 Å². The molecule has 1 aliphatic heterocycles. The first-order valence-electron chi connectivity index (χ1n) is 7.06. The number of amides is 2. The van der Waals surface area contributed by atoms with Crippen LogP contribution in [-0.2, 0) is 9.53 Å². The molecule has 0 spiro atoms. The third kappa shape index (κ3) is 3.21. The van der Waals surface area contributed by atoms with E-state index in [4.69, 9.17) is 9.47 Å². The van der Waals surface area contributed by atoms with Gasteiger partial charge in [0.2, 0.25) is 0 Å². The summed E-state index contributed by atoms with van der Waals surface area (Å²) in [5.74, 6) is 0.133. The van der Waals surface area contributed by atoms with Crippen molar-refractivity contribution in [2.75, 3.05) is 7.11 Å². The smallest absolute Gasteiger partial charge is 0.337 e. The number of benzene rings is 1. The van der Waals surface area contributed by atoms with Crippen molar-refractivity contribution >= 4 is 12.0 Å². The summed E-state index contributed by atoms with van der Waals surface area (Å²) in [5, 5.41) is 5.35. The van der Waals surface area contributed by atoms with Crippen LogP contribution in [0.4, 0.5) is 4.79 Å². The molecule has 0 saturated heterocycles. The molecule has 2 rings (SSSR count). The molecule has 1 aromatic carbocycles. The zero-order valence-corrected chi connectivity index (χ0v) is 13.1. The number of methoxy groups -OCH3 is 1. The maximum absolute atomic E-state index is 12.1. The predicted octanol–water partition coefficient (Wildman–Crippen LogP) is 2.27. The van der Waals surface area contributed by atoms with E-state index in [9.17, 15) is 9.59 Å². The molecule has 118 valence electrons. The van der Waals surface area contributed by atoms with Gasteiger partial charge >= 0.3 is 12.0 Å². The standard InChI is InChI=1S/C16H20N2O4/c1-9(2)22-12-8-6-5-7-11(12)14-13(15(19)21-4)10(3)17-16(20)18-14/h5-9,14H,1-4H3,(H2,17,18,20)/t14-/m1/s1. The summed E-state index contributed by atoms with van der Waals surface area (Å²) >= 11 is 0. The lowest BCUT2D eigenvalue weighted by Gasteiger charge is -2.29. The van der Waals surface area contributed by atoms with E-state index in [1.165, 1.54) is 7.11 Å². The number of hydrogen-bond acceptors (Lipinski definition) is 4. The van der Waals surface area contributed by atoms with Gasteiger partial charge in [-0.2, -0.15) is 0 Å². The van der Waals surface area contributed by atoms with Crippen molar-refractivity contribution in [3.63, 3.8) is 0 Å². The number of allylic oxidation sites excluding steroid dienone is 1. The first-order valence-corrected chi connectivity index (χ1v) is 7.06. The van der Waals surface area contributed by atoms with Crippen LogP contribution in [0.15, 0.2) is 35.5 Å². The fraction of sp³-hybridized carbons (Fsp3) is 0.375. The van der Waals surface area contributed by atoms with Crippen molar-refractivity contribution in [1.29, 1.82) is 0 Å². The van der Waals surface area contributed by atoms with Crippen LogP contribution in [0.1, 0.15) is 32.4 Å². The molecule has 0 radical (unpaired) electrons. The summed E-state index contributed by atoms with van der Waals surface area (Å²) in [6.07, 6.45) is -0.0229. The molecule has 22 heavy (non-hydrogen) atoms. The molecular formula is C16H20N2O4. The van der Waals surface area contributed by atoms with Gasteiger partial charge in [0.15, 0.2) is 0 Å². The third-order valence-electron chi connectivity index (χ3n) is 3.27. The van der Waals surface area contributed by atoms with Gasteiger partial charge in [0.05, 0.1) is 24.8 Å². The monoisotopic (exact) mass is 304 g/mol. The van der Waals surface area contributed by atoms with E-state index in [1.807, 2.05) is 38.1 Å². The second-order valence-corrected chi connectivity index (χ2v) is 5.27. The molecule has 0 aliphatic carbocycles. The Balaban J connectivity index is 2.51. The first kappa shape index (κ1) is 15.9. The van der Waals surface area contributed by atoms with Gasteiger partial charge in [-0.1, -0.05) is 18.2 Å². The van der Waals surface area contributed by atoms with Gasteiger partial charge in [-0.25, -0.2) is 9.59 Å². The molecule has 0 saturated carbocycles. The fourth-order valence-electron chi connectivity index (χ4n) is 2.39. The number of urea groups is 1. The minimum atomic E-state index is -0.615. The van der Waals surface area contributed by atoms with Crippen molar-refractivity contribution in [1.82, 2.24) is 10.6 Å². The lowest BCUT2D eigenvalue weighted by Crippen LogP contribution is -2.45. The molecule has 0 bridgehead atoms. The Labute approximate surface area is 129 Å². The summed E-state index contributed by atoms with van der Waals surface area (Å²) in [5.41, 5.74) is 1.55.